The Labute approximate surface area is 153 Å². The van der Waals surface area contributed by atoms with E-state index in [4.69, 9.17) is 4.74 Å². The van der Waals surface area contributed by atoms with Crippen LogP contribution in [0.5, 0.6) is 5.75 Å². The Balaban J connectivity index is 2.84. The predicted molar refractivity (Wildman–Crippen MR) is 96.2 cm³/mol. The number of nitrogens with one attached hydrogen (secondary N) is 1. The molecule has 0 radical (unpaired) electrons. The van der Waals surface area contributed by atoms with E-state index in [2.05, 4.69) is 11.4 Å². The van der Waals surface area contributed by atoms with E-state index in [1.54, 1.807) is 6.92 Å². The van der Waals surface area contributed by atoms with Gasteiger partial charge in [0.1, 0.15) is 11.6 Å². The third kappa shape index (κ3) is 3.03. The normalized spacial score (nSPS) is 25.4. The molecule has 0 bridgehead atoms. The zero-order chi connectivity index (χ0) is 19.5. The van der Waals surface area contributed by atoms with Crippen molar-refractivity contribution in [3.8, 4) is 11.8 Å². The third-order valence-electron chi connectivity index (χ3n) is 5.41. The van der Waals surface area contributed by atoms with Gasteiger partial charge in [-0.2, -0.15) is 5.26 Å². The van der Waals surface area contributed by atoms with Gasteiger partial charge in [-0.25, -0.2) is 4.39 Å². The molecule has 1 heterocycles. The van der Waals surface area contributed by atoms with Gasteiger partial charge in [-0.1, -0.05) is 26.3 Å². The number of benzene rings is 1. The molecule has 0 spiro atoms. The van der Waals surface area contributed by atoms with Gasteiger partial charge in [-0.3, -0.25) is 4.79 Å². The highest BCUT2D eigenvalue weighted by Gasteiger charge is 2.55. The molecule has 0 amide bonds. The molecule has 1 aliphatic heterocycles. The van der Waals surface area contributed by atoms with E-state index < -0.39 is 23.1 Å². The lowest BCUT2D eigenvalue weighted by molar-refractivity contribution is -0.153. The number of carboxylic acids is 1. The first kappa shape index (κ1) is 19.8. The highest BCUT2D eigenvalue weighted by molar-refractivity contribution is 5.80. The fraction of sp³-hybridized carbons (Fsp3) is 0.500. The Morgan fingerprint density at radius 2 is 2.15 bits per heavy atom. The van der Waals surface area contributed by atoms with Gasteiger partial charge >= 0.3 is 5.97 Å². The fourth-order valence-electron chi connectivity index (χ4n) is 4.14. The number of carboxylic acid groups (broad SMARTS) is 1. The van der Waals surface area contributed by atoms with Crippen LogP contribution in [0.4, 0.5) is 4.39 Å². The van der Waals surface area contributed by atoms with Crippen molar-refractivity contribution in [2.75, 3.05) is 7.11 Å². The summed E-state index contributed by atoms with van der Waals surface area (Å²) in [5.74, 6) is -1.90. The summed E-state index contributed by atoms with van der Waals surface area (Å²) in [6.07, 6.45) is 1.77. The van der Waals surface area contributed by atoms with E-state index in [9.17, 15) is 19.6 Å². The maximum atomic E-state index is 13.7. The van der Waals surface area contributed by atoms with E-state index in [1.807, 2.05) is 13.8 Å². The Morgan fingerprint density at radius 1 is 1.46 bits per heavy atom. The van der Waals surface area contributed by atoms with Crippen molar-refractivity contribution in [3.63, 3.8) is 0 Å². The largest absolute Gasteiger partial charge is 0.496 e. The van der Waals surface area contributed by atoms with Gasteiger partial charge in [-0.05, 0) is 25.8 Å². The Kier molecular flexibility index (Phi) is 5.91. The van der Waals surface area contributed by atoms with Crippen LogP contribution in [-0.2, 0) is 4.79 Å². The number of allylic oxidation sites excluding steroid dienone is 2. The average molecular weight is 360 g/mol. The van der Waals surface area contributed by atoms with E-state index >= 15 is 0 Å². The molecule has 140 valence electrons. The molecule has 2 N–H and O–H groups in total. The molecule has 2 rings (SSSR count). The summed E-state index contributed by atoms with van der Waals surface area (Å²) >= 11 is 0. The first-order valence-corrected chi connectivity index (χ1v) is 8.81. The topological polar surface area (TPSA) is 82.3 Å². The van der Waals surface area contributed by atoms with Gasteiger partial charge < -0.3 is 15.2 Å². The minimum absolute atomic E-state index is 0.256. The molecular weight excluding hydrogens is 335 g/mol. The van der Waals surface area contributed by atoms with Crippen molar-refractivity contribution < 1.29 is 19.0 Å². The summed E-state index contributed by atoms with van der Waals surface area (Å²) in [5.41, 5.74) is 0.307. The minimum Gasteiger partial charge on any atom is -0.496 e. The number of nitrogens with zero attached hydrogens (tertiary/aromatic N) is 1. The van der Waals surface area contributed by atoms with Gasteiger partial charge in [0.25, 0.3) is 0 Å². The zero-order valence-electron chi connectivity index (χ0n) is 15.6. The molecule has 3 unspecified atom stereocenters. The number of ether oxygens (including phenoxy) is 1. The second kappa shape index (κ2) is 7.77. The zero-order valence-corrected chi connectivity index (χ0v) is 15.6. The summed E-state index contributed by atoms with van der Waals surface area (Å²) in [5, 5.41) is 23.3. The number of carbonyl (C=O) groups is 1. The number of nitriles is 1. The van der Waals surface area contributed by atoms with Crippen molar-refractivity contribution >= 4 is 5.97 Å². The molecular formula is C20H25FN2O3. The van der Waals surface area contributed by atoms with Gasteiger partial charge in [0.15, 0.2) is 0 Å². The molecule has 1 aromatic carbocycles. The summed E-state index contributed by atoms with van der Waals surface area (Å²) in [6.45, 7) is 5.60. The van der Waals surface area contributed by atoms with E-state index in [0.29, 0.717) is 29.7 Å². The van der Waals surface area contributed by atoms with Crippen molar-refractivity contribution in [2.45, 2.75) is 52.0 Å². The van der Waals surface area contributed by atoms with E-state index in [0.717, 1.165) is 6.42 Å². The molecule has 6 heteroatoms. The van der Waals surface area contributed by atoms with Crippen LogP contribution in [0.1, 0.15) is 51.5 Å². The number of methoxy groups -OCH3 is 1. The van der Waals surface area contributed by atoms with Crippen molar-refractivity contribution in [3.05, 3.63) is 40.8 Å². The van der Waals surface area contributed by atoms with Crippen LogP contribution < -0.4 is 10.1 Å². The lowest BCUT2D eigenvalue weighted by Gasteiger charge is -2.47. The van der Waals surface area contributed by atoms with Crippen molar-refractivity contribution in [1.82, 2.24) is 5.32 Å². The van der Waals surface area contributed by atoms with Crippen LogP contribution in [0.15, 0.2) is 29.5 Å². The Bertz CT molecular complexity index is 769. The minimum atomic E-state index is -1.23. The lowest BCUT2D eigenvalue weighted by Crippen LogP contribution is -2.56. The molecule has 26 heavy (non-hydrogen) atoms. The first-order valence-electron chi connectivity index (χ1n) is 8.81. The number of rotatable bonds is 6. The maximum absolute atomic E-state index is 13.7. The summed E-state index contributed by atoms with van der Waals surface area (Å²) in [7, 11) is 1.42. The molecule has 0 saturated heterocycles. The third-order valence-corrected chi connectivity index (χ3v) is 5.41. The molecule has 3 atom stereocenters. The standard InChI is InChI=1S/C20H25FN2O3/c1-5-7-17-20(6-2,19(24)25)18(15(11-22)12(3)23-17)14-9-8-13(21)10-16(14)26-4/h8-10,17-18,23H,5-7H2,1-4H3,(H,24,25). The lowest BCUT2D eigenvalue weighted by atomic mass is 9.60. The molecule has 0 fully saturated rings. The smallest absolute Gasteiger partial charge is 0.312 e. The molecule has 1 aromatic rings. The van der Waals surface area contributed by atoms with Crippen LogP contribution in [0.2, 0.25) is 0 Å². The van der Waals surface area contributed by atoms with Crippen molar-refractivity contribution in [2.24, 2.45) is 5.41 Å². The average Bonchev–Trinajstić information content (AvgIpc) is 2.61. The summed E-state index contributed by atoms with van der Waals surface area (Å²) in [4.78, 5) is 12.5. The summed E-state index contributed by atoms with van der Waals surface area (Å²) < 4.78 is 19.0. The highest BCUT2D eigenvalue weighted by atomic mass is 19.1. The van der Waals surface area contributed by atoms with Gasteiger partial charge in [0, 0.05) is 29.3 Å². The number of aliphatic carboxylic acids is 1. The van der Waals surface area contributed by atoms with Gasteiger partial charge in [0.2, 0.25) is 0 Å². The van der Waals surface area contributed by atoms with Crippen LogP contribution in [0.25, 0.3) is 0 Å². The molecule has 0 aliphatic carbocycles. The number of halogens is 1. The molecule has 1 aliphatic rings. The van der Waals surface area contributed by atoms with Gasteiger partial charge in [0.05, 0.1) is 24.2 Å². The second-order valence-corrected chi connectivity index (χ2v) is 6.65. The number of hydrogen-bond donors (Lipinski definition) is 2. The van der Waals surface area contributed by atoms with Crippen molar-refractivity contribution in [1.29, 1.82) is 5.26 Å². The van der Waals surface area contributed by atoms with E-state index in [1.165, 1.54) is 25.3 Å². The maximum Gasteiger partial charge on any atom is 0.312 e. The van der Waals surface area contributed by atoms with Crippen LogP contribution in [0, 0.1) is 22.6 Å². The molecule has 5 nitrogen and oxygen atoms in total. The molecule has 0 aromatic heterocycles. The monoisotopic (exact) mass is 360 g/mol. The number of hydrogen-bond acceptors (Lipinski definition) is 4. The first-order chi connectivity index (χ1) is 12.4. The van der Waals surface area contributed by atoms with E-state index in [-0.39, 0.29) is 11.8 Å². The van der Waals surface area contributed by atoms with Crippen LogP contribution >= 0.6 is 0 Å². The predicted octanol–water partition coefficient (Wildman–Crippen LogP) is 3.97. The quantitative estimate of drug-likeness (QED) is 0.802. The van der Waals surface area contributed by atoms with Crippen LogP contribution in [-0.4, -0.2) is 24.2 Å². The molecule has 0 saturated carbocycles. The Hall–Kier alpha value is -2.55. The SMILES string of the molecule is CCCC1NC(C)=C(C#N)C(c2ccc(F)cc2OC)C1(CC)C(=O)O. The fourth-order valence-corrected chi connectivity index (χ4v) is 4.14. The second-order valence-electron chi connectivity index (χ2n) is 6.65. The van der Waals surface area contributed by atoms with Gasteiger partial charge in [-0.15, -0.1) is 0 Å². The Morgan fingerprint density at radius 3 is 2.65 bits per heavy atom. The highest BCUT2D eigenvalue weighted by Crippen LogP contribution is 2.52. The summed E-state index contributed by atoms with van der Waals surface area (Å²) in [6, 6.07) is 5.89. The van der Waals surface area contributed by atoms with Crippen LogP contribution in [0.3, 0.4) is 0 Å².